The number of hydrogen-bond acceptors (Lipinski definition) is 3. The quantitative estimate of drug-likeness (QED) is 0.811. The zero-order valence-electron chi connectivity index (χ0n) is 13.3. The van der Waals surface area contributed by atoms with Crippen molar-refractivity contribution in [2.75, 3.05) is 13.1 Å². The molecule has 2 aromatic rings. The van der Waals surface area contributed by atoms with Crippen LogP contribution in [-0.2, 0) is 18.4 Å². The average Bonchev–Trinajstić information content (AvgIpc) is 2.99. The molecule has 1 heterocycles. The van der Waals surface area contributed by atoms with Gasteiger partial charge in [-0.1, -0.05) is 44.2 Å². The van der Waals surface area contributed by atoms with Crippen molar-refractivity contribution in [3.8, 4) is 0 Å². The number of aryl methyl sites for hydroxylation is 1. The highest BCUT2D eigenvalue weighted by Crippen LogP contribution is 2.31. The van der Waals surface area contributed by atoms with Gasteiger partial charge in [0, 0.05) is 24.9 Å². The van der Waals surface area contributed by atoms with E-state index in [0.29, 0.717) is 0 Å². The van der Waals surface area contributed by atoms with Gasteiger partial charge in [-0.15, -0.1) is 0 Å². The van der Waals surface area contributed by atoms with E-state index in [1.807, 2.05) is 4.68 Å². The lowest BCUT2D eigenvalue weighted by Crippen LogP contribution is -2.40. The second-order valence-corrected chi connectivity index (χ2v) is 5.45. The molecule has 0 aliphatic heterocycles. The van der Waals surface area contributed by atoms with Gasteiger partial charge >= 0.3 is 0 Å². The van der Waals surface area contributed by atoms with Gasteiger partial charge in [-0.3, -0.25) is 4.68 Å². The molecule has 0 aliphatic carbocycles. The summed E-state index contributed by atoms with van der Waals surface area (Å²) in [5.41, 5.74) is 1.44. The van der Waals surface area contributed by atoms with Crippen molar-refractivity contribution >= 4 is 0 Å². The highest BCUT2D eigenvalue weighted by atomic mass is 15.3. The highest BCUT2D eigenvalue weighted by Gasteiger charge is 2.31. The Morgan fingerprint density at radius 1 is 1.14 bits per heavy atom. The number of benzene rings is 1. The van der Waals surface area contributed by atoms with Crippen LogP contribution >= 0.6 is 0 Å². The maximum atomic E-state index is 4.48. The average molecular weight is 286 g/mol. The van der Waals surface area contributed by atoms with Crippen LogP contribution in [0.2, 0.25) is 0 Å². The molecule has 1 unspecified atom stereocenters. The van der Waals surface area contributed by atoms with Gasteiger partial charge in [-0.25, -0.2) is 4.98 Å². The van der Waals surface area contributed by atoms with Crippen molar-refractivity contribution < 1.29 is 0 Å². The number of aromatic nitrogens is 3. The molecule has 0 saturated heterocycles. The second-order valence-electron chi connectivity index (χ2n) is 5.45. The third-order valence-corrected chi connectivity index (χ3v) is 4.27. The summed E-state index contributed by atoms with van der Waals surface area (Å²) in [5.74, 6) is 1.07. The van der Waals surface area contributed by atoms with E-state index in [-0.39, 0.29) is 5.41 Å². The molecule has 1 N–H and O–H groups in total. The van der Waals surface area contributed by atoms with Crippen LogP contribution in [0.3, 0.4) is 0 Å². The lowest BCUT2D eigenvalue weighted by atomic mass is 9.75. The Hall–Kier alpha value is -1.68. The Labute approximate surface area is 127 Å². The second kappa shape index (κ2) is 7.36. The standard InChI is InChI=1S/C17H26N4/c1-4-17(13-18-5-2,15-10-8-7-9-11-15)12-16-19-14-20-21(16)6-3/h7-11,14,18H,4-6,12-13H2,1-3H3. The Morgan fingerprint density at radius 3 is 2.52 bits per heavy atom. The van der Waals surface area contributed by atoms with Gasteiger partial charge in [0.2, 0.25) is 0 Å². The predicted octanol–water partition coefficient (Wildman–Crippen LogP) is 2.80. The van der Waals surface area contributed by atoms with Crippen LogP contribution in [-0.4, -0.2) is 27.9 Å². The fourth-order valence-corrected chi connectivity index (χ4v) is 2.87. The van der Waals surface area contributed by atoms with Crippen molar-refractivity contribution in [3.63, 3.8) is 0 Å². The van der Waals surface area contributed by atoms with E-state index in [4.69, 9.17) is 0 Å². The number of hydrogen-bond donors (Lipinski definition) is 1. The minimum Gasteiger partial charge on any atom is -0.316 e. The van der Waals surface area contributed by atoms with Gasteiger partial charge in [-0.2, -0.15) is 5.10 Å². The monoisotopic (exact) mass is 286 g/mol. The SMILES string of the molecule is CCNCC(CC)(Cc1ncnn1CC)c1ccccc1. The van der Waals surface area contributed by atoms with Crippen LogP contribution in [0.4, 0.5) is 0 Å². The van der Waals surface area contributed by atoms with Crippen LogP contribution in [0.5, 0.6) is 0 Å². The van der Waals surface area contributed by atoms with Crippen molar-refractivity contribution in [2.24, 2.45) is 0 Å². The molecule has 4 nitrogen and oxygen atoms in total. The minimum absolute atomic E-state index is 0.0667. The third kappa shape index (κ3) is 3.50. The van der Waals surface area contributed by atoms with Crippen LogP contribution in [0.1, 0.15) is 38.6 Å². The molecule has 2 rings (SSSR count). The molecule has 0 saturated carbocycles. The molecule has 4 heteroatoms. The van der Waals surface area contributed by atoms with Gasteiger partial charge in [0.05, 0.1) is 0 Å². The summed E-state index contributed by atoms with van der Waals surface area (Å²) in [6.45, 7) is 9.33. The predicted molar refractivity (Wildman–Crippen MR) is 86.4 cm³/mol. The maximum Gasteiger partial charge on any atom is 0.138 e. The Morgan fingerprint density at radius 2 is 1.90 bits per heavy atom. The molecule has 1 atom stereocenters. The van der Waals surface area contributed by atoms with E-state index in [9.17, 15) is 0 Å². The lowest BCUT2D eigenvalue weighted by molar-refractivity contribution is 0.366. The van der Waals surface area contributed by atoms with E-state index in [1.165, 1.54) is 5.56 Å². The largest absolute Gasteiger partial charge is 0.316 e. The minimum atomic E-state index is 0.0667. The molecule has 0 spiro atoms. The molecule has 0 bridgehead atoms. The summed E-state index contributed by atoms with van der Waals surface area (Å²) in [4.78, 5) is 4.48. The van der Waals surface area contributed by atoms with Crippen LogP contribution < -0.4 is 5.32 Å². The topological polar surface area (TPSA) is 42.7 Å². The Kier molecular flexibility index (Phi) is 5.51. The first-order valence-corrected chi connectivity index (χ1v) is 7.88. The first-order chi connectivity index (χ1) is 10.3. The Balaban J connectivity index is 2.35. The summed E-state index contributed by atoms with van der Waals surface area (Å²) >= 11 is 0. The van der Waals surface area contributed by atoms with Crippen molar-refractivity contribution in [3.05, 3.63) is 48.0 Å². The van der Waals surface area contributed by atoms with E-state index < -0.39 is 0 Å². The molecule has 0 radical (unpaired) electrons. The molecule has 0 fully saturated rings. The Bertz CT molecular complexity index is 535. The van der Waals surface area contributed by atoms with Crippen LogP contribution in [0.15, 0.2) is 36.7 Å². The number of nitrogens with one attached hydrogen (secondary N) is 1. The molecule has 1 aromatic heterocycles. The molecule has 21 heavy (non-hydrogen) atoms. The molecular weight excluding hydrogens is 260 g/mol. The number of likely N-dealkylation sites (N-methyl/N-ethyl adjacent to an activating group) is 1. The normalized spacial score (nSPS) is 14.0. The summed E-state index contributed by atoms with van der Waals surface area (Å²) in [6.07, 6.45) is 3.65. The fourth-order valence-electron chi connectivity index (χ4n) is 2.87. The van der Waals surface area contributed by atoms with E-state index >= 15 is 0 Å². The molecule has 0 amide bonds. The summed E-state index contributed by atoms with van der Waals surface area (Å²) in [7, 11) is 0. The van der Waals surface area contributed by atoms with Crippen LogP contribution in [0, 0.1) is 0 Å². The zero-order chi connectivity index (χ0) is 15.1. The first kappa shape index (κ1) is 15.7. The van der Waals surface area contributed by atoms with Gasteiger partial charge in [-0.05, 0) is 25.5 Å². The summed E-state index contributed by atoms with van der Waals surface area (Å²) in [5, 5.41) is 7.84. The summed E-state index contributed by atoms with van der Waals surface area (Å²) < 4.78 is 2.00. The zero-order valence-corrected chi connectivity index (χ0v) is 13.3. The van der Waals surface area contributed by atoms with Crippen molar-refractivity contribution in [1.29, 1.82) is 0 Å². The van der Waals surface area contributed by atoms with Gasteiger partial charge < -0.3 is 5.32 Å². The van der Waals surface area contributed by atoms with E-state index in [2.05, 4.69) is 66.5 Å². The van der Waals surface area contributed by atoms with Crippen molar-refractivity contribution in [2.45, 2.75) is 45.6 Å². The van der Waals surface area contributed by atoms with E-state index in [1.54, 1.807) is 6.33 Å². The van der Waals surface area contributed by atoms with E-state index in [0.717, 1.165) is 38.3 Å². The lowest BCUT2D eigenvalue weighted by Gasteiger charge is -2.33. The van der Waals surface area contributed by atoms with Gasteiger partial charge in [0.1, 0.15) is 12.2 Å². The van der Waals surface area contributed by atoms with Crippen LogP contribution in [0.25, 0.3) is 0 Å². The number of nitrogens with zero attached hydrogens (tertiary/aromatic N) is 3. The molecule has 114 valence electrons. The van der Waals surface area contributed by atoms with Gasteiger partial charge in [0.15, 0.2) is 0 Å². The number of rotatable bonds is 8. The molecule has 0 aliphatic rings. The fraction of sp³-hybridized carbons (Fsp3) is 0.529. The van der Waals surface area contributed by atoms with Gasteiger partial charge in [0.25, 0.3) is 0 Å². The smallest absolute Gasteiger partial charge is 0.138 e. The molecule has 1 aromatic carbocycles. The molecular formula is C17H26N4. The summed E-state index contributed by atoms with van der Waals surface area (Å²) in [6, 6.07) is 10.8. The first-order valence-electron chi connectivity index (χ1n) is 7.88. The third-order valence-electron chi connectivity index (χ3n) is 4.27. The maximum absolute atomic E-state index is 4.48. The highest BCUT2D eigenvalue weighted by molar-refractivity contribution is 5.27. The van der Waals surface area contributed by atoms with Crippen molar-refractivity contribution in [1.82, 2.24) is 20.1 Å².